The summed E-state index contributed by atoms with van der Waals surface area (Å²) in [6, 6.07) is 8.07. The molecule has 2 rings (SSSR count). The van der Waals surface area contributed by atoms with E-state index in [0.717, 1.165) is 41.9 Å². The number of benzene rings is 1. The van der Waals surface area contributed by atoms with E-state index in [1.807, 2.05) is 45.0 Å². The van der Waals surface area contributed by atoms with Crippen molar-refractivity contribution in [3.8, 4) is 5.75 Å². The van der Waals surface area contributed by atoms with Gasteiger partial charge in [0.15, 0.2) is 5.96 Å². The van der Waals surface area contributed by atoms with Gasteiger partial charge in [-0.15, -0.1) is 24.0 Å². The second kappa shape index (κ2) is 11.8. The predicted molar refractivity (Wildman–Crippen MR) is 120 cm³/mol. The first kappa shape index (κ1) is 23.3. The van der Waals surface area contributed by atoms with Crippen LogP contribution in [0.25, 0.3) is 0 Å². The van der Waals surface area contributed by atoms with Gasteiger partial charge in [-0.25, -0.2) is 9.98 Å². The second-order valence-electron chi connectivity index (χ2n) is 6.65. The van der Waals surface area contributed by atoms with E-state index in [9.17, 15) is 0 Å². The summed E-state index contributed by atoms with van der Waals surface area (Å²) in [5.41, 5.74) is 2.05. The van der Waals surface area contributed by atoms with Crippen molar-refractivity contribution >= 4 is 29.9 Å². The molecule has 0 amide bonds. The van der Waals surface area contributed by atoms with E-state index in [0.29, 0.717) is 24.9 Å². The Hall–Kier alpha value is -1.77. The zero-order valence-electron chi connectivity index (χ0n) is 16.8. The number of nitrogens with one attached hydrogen (secondary N) is 2. The third-order valence-corrected chi connectivity index (χ3v) is 3.75. The highest BCUT2D eigenvalue weighted by Gasteiger charge is 2.06. The molecule has 0 spiro atoms. The van der Waals surface area contributed by atoms with Gasteiger partial charge in [-0.2, -0.15) is 0 Å². The topological polar surface area (TPSA) is 71.7 Å². The summed E-state index contributed by atoms with van der Waals surface area (Å²) in [7, 11) is 0. The molecule has 7 heteroatoms. The molecule has 0 bridgehead atoms. The summed E-state index contributed by atoms with van der Waals surface area (Å²) in [5.74, 6) is 3.66. The van der Waals surface area contributed by atoms with Crippen LogP contribution in [0.3, 0.4) is 0 Å². The molecule has 0 atom stereocenters. The van der Waals surface area contributed by atoms with E-state index < -0.39 is 0 Å². The lowest BCUT2D eigenvalue weighted by Gasteiger charge is -2.10. The maximum absolute atomic E-state index is 5.71. The minimum atomic E-state index is 0. The number of halogens is 1. The monoisotopic (exact) mass is 486 g/mol. The first-order valence-corrected chi connectivity index (χ1v) is 9.14. The highest BCUT2D eigenvalue weighted by atomic mass is 127. The molecule has 0 aliphatic carbocycles. The normalized spacial score (nSPS) is 11.3. The van der Waals surface area contributed by atoms with Crippen LogP contribution >= 0.6 is 24.0 Å². The van der Waals surface area contributed by atoms with E-state index in [1.54, 1.807) is 0 Å². The molecule has 1 heterocycles. The number of aromatic nitrogens is 1. The fourth-order valence-electron chi connectivity index (χ4n) is 2.24. The van der Waals surface area contributed by atoms with Gasteiger partial charge in [0.2, 0.25) is 5.89 Å². The fraction of sp³-hybridized carbons (Fsp3) is 0.500. The Balaban J connectivity index is 0.00000364. The van der Waals surface area contributed by atoms with Crippen molar-refractivity contribution in [2.24, 2.45) is 10.9 Å². The summed E-state index contributed by atoms with van der Waals surface area (Å²) < 4.78 is 11.3. The number of nitrogens with zero attached hydrogens (tertiary/aromatic N) is 2. The lowest BCUT2D eigenvalue weighted by atomic mass is 10.2. The highest BCUT2D eigenvalue weighted by Crippen LogP contribution is 2.14. The van der Waals surface area contributed by atoms with Crippen molar-refractivity contribution < 1.29 is 9.15 Å². The standard InChI is InChI=1S/C20H30N4O2.HI/c1-6-21-20(23-12-19-24-15(4)16(5)26-19)22-11-17-7-9-18(10-8-17)25-13-14(2)3;/h7-10,14H,6,11-13H2,1-5H3,(H2,21,22,23);1H. The van der Waals surface area contributed by atoms with Crippen LogP contribution in [0.2, 0.25) is 0 Å². The highest BCUT2D eigenvalue weighted by molar-refractivity contribution is 14.0. The Labute approximate surface area is 179 Å². The molecule has 0 aliphatic heterocycles. The van der Waals surface area contributed by atoms with Gasteiger partial charge < -0.3 is 19.8 Å². The number of aliphatic imine (C=N–C) groups is 1. The molecule has 27 heavy (non-hydrogen) atoms. The Morgan fingerprint density at radius 3 is 2.44 bits per heavy atom. The summed E-state index contributed by atoms with van der Waals surface area (Å²) in [6.45, 7) is 12.8. The molecule has 6 nitrogen and oxygen atoms in total. The number of ether oxygens (including phenoxy) is 1. The third-order valence-electron chi connectivity index (χ3n) is 3.75. The van der Waals surface area contributed by atoms with Crippen LogP contribution in [0.5, 0.6) is 5.75 Å². The molecule has 2 N–H and O–H groups in total. The molecule has 0 radical (unpaired) electrons. The Morgan fingerprint density at radius 2 is 1.89 bits per heavy atom. The summed E-state index contributed by atoms with van der Waals surface area (Å²) in [5, 5.41) is 6.48. The van der Waals surface area contributed by atoms with Gasteiger partial charge in [0, 0.05) is 6.54 Å². The number of oxazole rings is 1. The van der Waals surface area contributed by atoms with Gasteiger partial charge in [-0.3, -0.25) is 0 Å². The number of guanidine groups is 1. The minimum absolute atomic E-state index is 0. The molecular formula is C20H31IN4O2. The first-order chi connectivity index (χ1) is 12.5. The molecule has 150 valence electrons. The molecular weight excluding hydrogens is 455 g/mol. The molecule has 0 aliphatic rings. The van der Waals surface area contributed by atoms with Gasteiger partial charge in [-0.05, 0) is 44.4 Å². The summed E-state index contributed by atoms with van der Waals surface area (Å²) in [4.78, 5) is 8.99. The smallest absolute Gasteiger partial charge is 0.214 e. The maximum atomic E-state index is 5.71. The zero-order chi connectivity index (χ0) is 18.9. The second-order valence-corrected chi connectivity index (χ2v) is 6.65. The van der Waals surface area contributed by atoms with Crippen molar-refractivity contribution in [1.82, 2.24) is 15.6 Å². The predicted octanol–water partition coefficient (Wildman–Crippen LogP) is 4.20. The lowest BCUT2D eigenvalue weighted by molar-refractivity contribution is 0.271. The van der Waals surface area contributed by atoms with Crippen LogP contribution in [-0.2, 0) is 13.1 Å². The lowest BCUT2D eigenvalue weighted by Crippen LogP contribution is -2.36. The van der Waals surface area contributed by atoms with Crippen molar-refractivity contribution in [3.63, 3.8) is 0 Å². The molecule has 2 aromatic rings. The van der Waals surface area contributed by atoms with Crippen LogP contribution in [0.15, 0.2) is 33.7 Å². The van der Waals surface area contributed by atoms with E-state index in [1.165, 1.54) is 0 Å². The van der Waals surface area contributed by atoms with Gasteiger partial charge in [0.25, 0.3) is 0 Å². The SMILES string of the molecule is CCNC(=NCc1ccc(OCC(C)C)cc1)NCc1nc(C)c(C)o1.I. The van der Waals surface area contributed by atoms with Crippen molar-refractivity contribution in [3.05, 3.63) is 47.2 Å². The average Bonchev–Trinajstić information content (AvgIpc) is 2.94. The number of hydrogen-bond donors (Lipinski definition) is 2. The quantitative estimate of drug-likeness (QED) is 0.333. The first-order valence-electron chi connectivity index (χ1n) is 9.14. The summed E-state index contributed by atoms with van der Waals surface area (Å²) in [6.07, 6.45) is 0. The summed E-state index contributed by atoms with van der Waals surface area (Å²) >= 11 is 0. The molecule has 0 fully saturated rings. The van der Waals surface area contributed by atoms with E-state index in [4.69, 9.17) is 9.15 Å². The number of hydrogen-bond acceptors (Lipinski definition) is 4. The van der Waals surface area contributed by atoms with Crippen molar-refractivity contribution in [2.75, 3.05) is 13.2 Å². The Morgan fingerprint density at radius 1 is 1.19 bits per heavy atom. The largest absolute Gasteiger partial charge is 0.493 e. The zero-order valence-corrected chi connectivity index (χ0v) is 19.2. The number of aryl methyl sites for hydroxylation is 2. The molecule has 0 unspecified atom stereocenters. The third kappa shape index (κ3) is 8.19. The Kier molecular flexibility index (Phi) is 10.2. The van der Waals surface area contributed by atoms with Crippen molar-refractivity contribution in [1.29, 1.82) is 0 Å². The van der Waals surface area contributed by atoms with Crippen molar-refractivity contribution in [2.45, 2.75) is 47.7 Å². The van der Waals surface area contributed by atoms with Crippen LogP contribution < -0.4 is 15.4 Å². The molecule has 0 saturated heterocycles. The molecule has 0 saturated carbocycles. The van der Waals surface area contributed by atoms with Gasteiger partial charge in [-0.1, -0.05) is 26.0 Å². The van der Waals surface area contributed by atoms with Gasteiger partial charge >= 0.3 is 0 Å². The maximum Gasteiger partial charge on any atom is 0.214 e. The van der Waals surface area contributed by atoms with Gasteiger partial charge in [0.05, 0.1) is 25.4 Å². The van der Waals surface area contributed by atoms with E-state index in [2.05, 4.69) is 34.5 Å². The van der Waals surface area contributed by atoms with E-state index in [-0.39, 0.29) is 24.0 Å². The minimum Gasteiger partial charge on any atom is -0.493 e. The van der Waals surface area contributed by atoms with Crippen LogP contribution in [0.4, 0.5) is 0 Å². The van der Waals surface area contributed by atoms with Crippen LogP contribution in [0.1, 0.15) is 43.7 Å². The molecule has 1 aromatic carbocycles. The Bertz CT molecular complexity index is 692. The van der Waals surface area contributed by atoms with Gasteiger partial charge in [0.1, 0.15) is 11.5 Å². The van der Waals surface area contributed by atoms with Crippen LogP contribution in [-0.4, -0.2) is 24.1 Å². The van der Waals surface area contributed by atoms with E-state index >= 15 is 0 Å². The number of rotatable bonds is 8. The van der Waals surface area contributed by atoms with Crippen LogP contribution in [0, 0.1) is 19.8 Å². The average molecular weight is 486 g/mol. The fourth-order valence-corrected chi connectivity index (χ4v) is 2.24. The molecule has 1 aromatic heterocycles.